The number of nitro groups is 1. The fourth-order valence-corrected chi connectivity index (χ4v) is 4.30. The molecule has 1 aliphatic heterocycles. The smallest absolute Gasteiger partial charge is 0.278 e. The van der Waals surface area contributed by atoms with E-state index in [4.69, 9.17) is 10.7 Å². The molecule has 0 bridgehead atoms. The minimum atomic E-state index is -1.62. The molecule has 9 heteroatoms. The number of aliphatic imine (C=N–C) groups is 1. The number of amides is 1. The molecule has 0 saturated heterocycles. The third kappa shape index (κ3) is 4.20. The summed E-state index contributed by atoms with van der Waals surface area (Å²) in [4.78, 5) is 32.5. The second-order valence-corrected chi connectivity index (χ2v) is 13.6. The summed E-state index contributed by atoms with van der Waals surface area (Å²) in [5.41, 5.74) is 12.5. The third-order valence-corrected chi connectivity index (χ3v) is 6.08. The van der Waals surface area contributed by atoms with Gasteiger partial charge < -0.3 is 5.73 Å². The molecule has 3 aromatic rings. The second-order valence-electron chi connectivity index (χ2n) is 8.87. The number of rotatable bonds is 3. The zero-order valence-corrected chi connectivity index (χ0v) is 19.8. The van der Waals surface area contributed by atoms with Crippen molar-refractivity contribution in [3.63, 3.8) is 0 Å². The van der Waals surface area contributed by atoms with Gasteiger partial charge in [0.05, 0.1) is 33.6 Å². The van der Waals surface area contributed by atoms with E-state index in [-0.39, 0.29) is 11.4 Å². The Kier molecular flexibility index (Phi) is 5.47. The maximum Gasteiger partial charge on any atom is 0.278 e. The first kappa shape index (κ1) is 22.2. The van der Waals surface area contributed by atoms with Crippen molar-refractivity contribution in [2.24, 2.45) is 10.7 Å². The van der Waals surface area contributed by atoms with Crippen LogP contribution in [0.5, 0.6) is 0 Å². The molecule has 0 radical (unpaired) electrons. The molecule has 166 valence electrons. The number of primary amides is 1. The van der Waals surface area contributed by atoms with Gasteiger partial charge in [-0.25, -0.2) is 4.98 Å². The molecular weight excluding hydrogens is 434 g/mol. The molecule has 2 aromatic carbocycles. The van der Waals surface area contributed by atoms with Gasteiger partial charge in [-0.1, -0.05) is 37.7 Å². The van der Waals surface area contributed by atoms with Crippen LogP contribution in [0.3, 0.4) is 0 Å². The lowest BCUT2D eigenvalue weighted by Crippen LogP contribution is -2.16. The molecule has 4 rings (SSSR count). The molecule has 2 N–H and O–H groups in total. The predicted octanol–water partition coefficient (Wildman–Crippen LogP) is 4.02. The average Bonchev–Trinajstić information content (AvgIpc) is 3.16. The zero-order valence-electron chi connectivity index (χ0n) is 18.8. The van der Waals surface area contributed by atoms with E-state index in [1.165, 1.54) is 12.4 Å². The highest BCUT2D eigenvalue weighted by molar-refractivity contribution is 6.83. The number of nitrogens with zero attached hydrogens (tertiary/aromatic N) is 4. The molecule has 33 heavy (non-hydrogen) atoms. The minimum Gasteiger partial charge on any atom is -0.364 e. The molecular formula is C24H23N5O3Si. The van der Waals surface area contributed by atoms with Crippen molar-refractivity contribution in [2.75, 3.05) is 0 Å². The van der Waals surface area contributed by atoms with Crippen molar-refractivity contribution in [1.82, 2.24) is 9.55 Å². The molecule has 2 heterocycles. The molecule has 0 unspecified atom stereocenters. The van der Waals surface area contributed by atoms with E-state index in [1.807, 2.05) is 25.1 Å². The number of nitrogens with two attached hydrogens (primary N) is 1. The Morgan fingerprint density at radius 3 is 2.58 bits per heavy atom. The topological polar surface area (TPSA) is 116 Å². The Labute approximate surface area is 192 Å². The summed E-state index contributed by atoms with van der Waals surface area (Å²) in [5.74, 6) is 2.59. The fourth-order valence-electron chi connectivity index (χ4n) is 3.78. The second kappa shape index (κ2) is 8.15. The molecule has 1 aromatic heterocycles. The van der Waals surface area contributed by atoms with Crippen molar-refractivity contribution >= 4 is 25.4 Å². The minimum absolute atomic E-state index is 0.0483. The summed E-state index contributed by atoms with van der Waals surface area (Å²) in [6.07, 6.45) is 1.54. The van der Waals surface area contributed by atoms with Crippen LogP contribution in [0, 0.1) is 21.6 Å². The van der Waals surface area contributed by atoms with E-state index < -0.39 is 24.9 Å². The lowest BCUT2D eigenvalue weighted by atomic mass is 9.97. The Morgan fingerprint density at radius 2 is 1.91 bits per heavy atom. The highest BCUT2D eigenvalue weighted by Gasteiger charge is 2.30. The Bertz CT molecular complexity index is 1390. The van der Waals surface area contributed by atoms with Crippen molar-refractivity contribution in [2.45, 2.75) is 32.6 Å². The Balaban J connectivity index is 2.04. The summed E-state index contributed by atoms with van der Waals surface area (Å²) >= 11 is 0. The number of hydrogen-bond acceptors (Lipinski definition) is 5. The van der Waals surface area contributed by atoms with Gasteiger partial charge in [0.25, 0.3) is 11.6 Å². The van der Waals surface area contributed by atoms with Crippen LogP contribution in [0.1, 0.15) is 45.8 Å². The van der Waals surface area contributed by atoms with Crippen LogP contribution in [0.25, 0.3) is 5.69 Å². The van der Waals surface area contributed by atoms with Gasteiger partial charge in [0.1, 0.15) is 14.4 Å². The van der Waals surface area contributed by atoms with Crippen LogP contribution in [-0.4, -0.2) is 34.2 Å². The predicted molar refractivity (Wildman–Crippen MR) is 129 cm³/mol. The van der Waals surface area contributed by atoms with E-state index in [2.05, 4.69) is 36.1 Å². The van der Waals surface area contributed by atoms with Crippen LogP contribution in [0.4, 0.5) is 5.69 Å². The van der Waals surface area contributed by atoms with Gasteiger partial charge in [0.2, 0.25) is 0 Å². The number of nitro benzene ring substituents is 1. The van der Waals surface area contributed by atoms with Crippen molar-refractivity contribution in [1.29, 1.82) is 0 Å². The van der Waals surface area contributed by atoms with Crippen LogP contribution in [0.2, 0.25) is 19.6 Å². The van der Waals surface area contributed by atoms with Gasteiger partial charge in [0.15, 0.2) is 5.69 Å². The van der Waals surface area contributed by atoms with Crippen LogP contribution in [-0.2, 0) is 0 Å². The molecule has 0 saturated carbocycles. The molecule has 0 fully saturated rings. The molecule has 0 spiro atoms. The number of imidazole rings is 1. The summed E-state index contributed by atoms with van der Waals surface area (Å²) < 4.78 is 1.78. The normalized spacial score (nSPS) is 14.8. The number of carbonyl (C=O) groups excluding carboxylic acids is 1. The first-order chi connectivity index (χ1) is 15.6. The monoisotopic (exact) mass is 457 g/mol. The van der Waals surface area contributed by atoms with E-state index >= 15 is 0 Å². The fraction of sp³-hybridized carbons (Fsp3) is 0.208. The maximum absolute atomic E-state index is 12.0. The SMILES string of the molecule is C[C@H]1N=C(c2ccccc2[N+](=O)[O-])c2cc(C#C[Si](C)(C)C)ccc2-n2cnc(C(N)=O)c21. The van der Waals surface area contributed by atoms with Crippen LogP contribution < -0.4 is 5.73 Å². The van der Waals surface area contributed by atoms with Gasteiger partial charge in [-0.15, -0.1) is 5.54 Å². The highest BCUT2D eigenvalue weighted by Crippen LogP contribution is 2.34. The summed E-state index contributed by atoms with van der Waals surface area (Å²) in [6.45, 7) is 8.30. The zero-order chi connectivity index (χ0) is 23.9. The Morgan fingerprint density at radius 1 is 1.18 bits per heavy atom. The van der Waals surface area contributed by atoms with Gasteiger partial charge in [-0.3, -0.25) is 24.5 Å². The van der Waals surface area contributed by atoms with E-state index in [0.29, 0.717) is 28.2 Å². The number of fused-ring (bicyclic) bond motifs is 3. The molecule has 1 atom stereocenters. The van der Waals surface area contributed by atoms with E-state index in [1.54, 1.807) is 22.8 Å². The number of benzene rings is 2. The largest absolute Gasteiger partial charge is 0.364 e. The highest BCUT2D eigenvalue weighted by atomic mass is 28.3. The van der Waals surface area contributed by atoms with E-state index in [9.17, 15) is 14.9 Å². The first-order valence-corrected chi connectivity index (χ1v) is 13.9. The number of aromatic nitrogens is 2. The van der Waals surface area contributed by atoms with Gasteiger partial charge in [-0.05, 0) is 31.2 Å². The quantitative estimate of drug-likeness (QED) is 0.277. The number of hydrogen-bond donors (Lipinski definition) is 1. The van der Waals surface area contributed by atoms with Crippen molar-refractivity contribution in [3.8, 4) is 17.2 Å². The molecule has 1 aliphatic rings. The first-order valence-electron chi connectivity index (χ1n) is 10.4. The van der Waals surface area contributed by atoms with Gasteiger partial charge >= 0.3 is 0 Å². The number of carbonyl (C=O) groups is 1. The third-order valence-electron chi connectivity index (χ3n) is 5.21. The van der Waals surface area contributed by atoms with Gasteiger partial charge in [0, 0.05) is 17.2 Å². The summed E-state index contributed by atoms with van der Waals surface area (Å²) in [6, 6.07) is 11.6. The summed E-state index contributed by atoms with van der Waals surface area (Å²) in [7, 11) is -1.62. The molecule has 1 amide bonds. The van der Waals surface area contributed by atoms with Crippen molar-refractivity contribution < 1.29 is 9.72 Å². The van der Waals surface area contributed by atoms with E-state index in [0.717, 1.165) is 5.56 Å². The molecule has 0 aliphatic carbocycles. The lowest BCUT2D eigenvalue weighted by molar-refractivity contribution is -0.385. The van der Waals surface area contributed by atoms with Gasteiger partial charge in [-0.2, -0.15) is 0 Å². The maximum atomic E-state index is 12.0. The van der Waals surface area contributed by atoms with Crippen LogP contribution >= 0.6 is 0 Å². The molecule has 8 nitrogen and oxygen atoms in total. The Hall–Kier alpha value is -4.03. The summed E-state index contributed by atoms with van der Waals surface area (Å²) in [5, 5.41) is 11.8. The van der Waals surface area contributed by atoms with Crippen molar-refractivity contribution in [3.05, 3.63) is 87.0 Å². The number of para-hydroxylation sites is 1. The standard InChI is InChI=1S/C24H23N5O3Si/c1-15-23-22(24(25)30)26-14-28(23)19-10-9-16(11-12-33(2,3)4)13-18(19)21(27-15)17-7-5-6-8-20(17)29(31)32/h5-10,13-15H,1-4H3,(H2,25,30)/t15-/m1/s1. The van der Waals surface area contributed by atoms with Crippen LogP contribution in [0.15, 0.2) is 53.8 Å². The lowest BCUT2D eigenvalue weighted by Gasteiger charge is -2.13. The average molecular weight is 458 g/mol.